The summed E-state index contributed by atoms with van der Waals surface area (Å²) in [6.45, 7) is 2.15. The molecule has 0 unspecified atom stereocenters. The second-order valence-corrected chi connectivity index (χ2v) is 6.49. The van der Waals surface area contributed by atoms with Crippen molar-refractivity contribution >= 4 is 9.84 Å². The van der Waals surface area contributed by atoms with Crippen LogP contribution < -0.4 is 10.5 Å². The molecule has 0 amide bonds. The zero-order valence-corrected chi connectivity index (χ0v) is 12.1. The first-order valence-electron chi connectivity index (χ1n) is 6.05. The molecule has 2 rings (SSSR count). The number of benzene rings is 1. The van der Waals surface area contributed by atoms with Gasteiger partial charge in [0.25, 0.3) is 0 Å². The lowest BCUT2D eigenvalue weighted by molar-refractivity contribution is 0.453. The Morgan fingerprint density at radius 1 is 1.25 bits per heavy atom. The summed E-state index contributed by atoms with van der Waals surface area (Å²) in [6, 6.07) is 10.00. The molecule has 106 valence electrons. The lowest BCUT2D eigenvalue weighted by Gasteiger charge is -2.10. The highest BCUT2D eigenvalue weighted by atomic mass is 32.2. The van der Waals surface area contributed by atoms with E-state index in [2.05, 4.69) is 4.98 Å². The Hall–Kier alpha value is -1.92. The summed E-state index contributed by atoms with van der Waals surface area (Å²) < 4.78 is 28.7. The Morgan fingerprint density at radius 3 is 2.65 bits per heavy atom. The zero-order valence-electron chi connectivity index (χ0n) is 11.3. The third kappa shape index (κ3) is 3.34. The number of hydrogen-bond acceptors (Lipinski definition) is 5. The van der Waals surface area contributed by atoms with Gasteiger partial charge >= 0.3 is 0 Å². The van der Waals surface area contributed by atoms with Gasteiger partial charge in [-0.15, -0.1) is 0 Å². The topological polar surface area (TPSA) is 82.3 Å². The van der Waals surface area contributed by atoms with Crippen molar-refractivity contribution in [2.75, 3.05) is 6.26 Å². The van der Waals surface area contributed by atoms with E-state index in [1.807, 2.05) is 19.1 Å². The Labute approximate surface area is 118 Å². The molecule has 0 bridgehead atoms. The molecule has 20 heavy (non-hydrogen) atoms. The van der Waals surface area contributed by atoms with Gasteiger partial charge in [-0.3, -0.25) is 0 Å². The van der Waals surface area contributed by atoms with Gasteiger partial charge in [-0.1, -0.05) is 12.1 Å². The van der Waals surface area contributed by atoms with Crippen molar-refractivity contribution in [1.29, 1.82) is 0 Å². The van der Waals surface area contributed by atoms with E-state index in [-0.39, 0.29) is 4.90 Å². The molecule has 0 radical (unpaired) electrons. The first-order chi connectivity index (χ1) is 9.40. The SMILES string of the molecule is Cc1ccc(CN)c(Oc2cccc(S(C)(=O)=O)c2)n1. The van der Waals surface area contributed by atoms with Gasteiger partial charge in [0, 0.05) is 24.1 Å². The molecule has 6 heteroatoms. The molecule has 2 N–H and O–H groups in total. The molecule has 0 aliphatic heterocycles. The van der Waals surface area contributed by atoms with Crippen LogP contribution in [0.3, 0.4) is 0 Å². The van der Waals surface area contributed by atoms with Crippen LogP contribution in [0.1, 0.15) is 11.3 Å². The molecule has 0 saturated heterocycles. The van der Waals surface area contributed by atoms with Crippen LogP contribution in [0, 0.1) is 6.92 Å². The van der Waals surface area contributed by atoms with Crippen molar-refractivity contribution in [2.45, 2.75) is 18.4 Å². The molecule has 0 aliphatic rings. The number of ether oxygens (including phenoxy) is 1. The number of nitrogens with zero attached hydrogens (tertiary/aromatic N) is 1. The van der Waals surface area contributed by atoms with Crippen LogP contribution in [0.4, 0.5) is 0 Å². The first-order valence-corrected chi connectivity index (χ1v) is 7.94. The van der Waals surface area contributed by atoms with Crippen LogP contribution in [0.5, 0.6) is 11.6 Å². The lowest BCUT2D eigenvalue weighted by atomic mass is 10.2. The standard InChI is InChI=1S/C14H16N2O3S/c1-10-6-7-11(9-15)14(16-10)19-12-4-3-5-13(8-12)20(2,17)18/h3-8H,9,15H2,1-2H3. The molecule has 0 saturated carbocycles. The molecule has 1 aromatic carbocycles. The summed E-state index contributed by atoms with van der Waals surface area (Å²) in [5, 5.41) is 0. The summed E-state index contributed by atoms with van der Waals surface area (Å²) in [6.07, 6.45) is 1.16. The molecule has 0 atom stereocenters. The minimum absolute atomic E-state index is 0.206. The van der Waals surface area contributed by atoms with E-state index in [0.717, 1.165) is 17.5 Å². The average molecular weight is 292 g/mol. The van der Waals surface area contributed by atoms with Crippen molar-refractivity contribution < 1.29 is 13.2 Å². The summed E-state index contributed by atoms with van der Waals surface area (Å²) in [5.74, 6) is 0.818. The van der Waals surface area contributed by atoms with E-state index in [1.165, 1.54) is 12.1 Å². The highest BCUT2D eigenvalue weighted by molar-refractivity contribution is 7.90. The normalized spacial score (nSPS) is 11.3. The van der Waals surface area contributed by atoms with E-state index in [4.69, 9.17) is 10.5 Å². The monoisotopic (exact) mass is 292 g/mol. The maximum absolute atomic E-state index is 11.5. The predicted molar refractivity (Wildman–Crippen MR) is 76.5 cm³/mol. The van der Waals surface area contributed by atoms with Crippen LogP contribution >= 0.6 is 0 Å². The van der Waals surface area contributed by atoms with E-state index >= 15 is 0 Å². The molecule has 1 heterocycles. The van der Waals surface area contributed by atoms with E-state index in [0.29, 0.717) is 18.2 Å². The van der Waals surface area contributed by atoms with Gasteiger partial charge < -0.3 is 10.5 Å². The van der Waals surface area contributed by atoms with Crippen molar-refractivity contribution in [3.8, 4) is 11.6 Å². The van der Waals surface area contributed by atoms with Crippen molar-refractivity contribution in [3.63, 3.8) is 0 Å². The molecular weight excluding hydrogens is 276 g/mol. The van der Waals surface area contributed by atoms with Gasteiger partial charge in [-0.2, -0.15) is 0 Å². The van der Waals surface area contributed by atoms with Crippen molar-refractivity contribution in [1.82, 2.24) is 4.98 Å². The summed E-state index contributed by atoms with van der Waals surface area (Å²) in [7, 11) is -3.27. The van der Waals surface area contributed by atoms with Crippen LogP contribution in [-0.4, -0.2) is 19.7 Å². The minimum atomic E-state index is -3.27. The third-order valence-electron chi connectivity index (χ3n) is 2.75. The Kier molecular flexibility index (Phi) is 4.06. The minimum Gasteiger partial charge on any atom is -0.439 e. The lowest BCUT2D eigenvalue weighted by Crippen LogP contribution is -2.02. The summed E-state index contributed by atoms with van der Waals surface area (Å²) in [5.41, 5.74) is 7.20. The predicted octanol–water partition coefficient (Wildman–Crippen LogP) is 2.04. The Bertz CT molecular complexity index is 727. The molecule has 1 aromatic heterocycles. The van der Waals surface area contributed by atoms with Crippen LogP contribution in [0.15, 0.2) is 41.3 Å². The van der Waals surface area contributed by atoms with Gasteiger partial charge in [-0.05, 0) is 31.2 Å². The fraction of sp³-hybridized carbons (Fsp3) is 0.214. The zero-order chi connectivity index (χ0) is 14.8. The number of hydrogen-bond donors (Lipinski definition) is 1. The first kappa shape index (κ1) is 14.5. The number of sulfone groups is 1. The number of nitrogens with two attached hydrogens (primary N) is 1. The second kappa shape index (κ2) is 5.60. The van der Waals surface area contributed by atoms with E-state index in [1.54, 1.807) is 12.1 Å². The maximum Gasteiger partial charge on any atom is 0.223 e. The Morgan fingerprint density at radius 2 is 2.00 bits per heavy atom. The summed E-state index contributed by atoms with van der Waals surface area (Å²) >= 11 is 0. The number of aromatic nitrogens is 1. The number of aryl methyl sites for hydroxylation is 1. The highest BCUT2D eigenvalue weighted by Gasteiger charge is 2.10. The van der Waals surface area contributed by atoms with Gasteiger partial charge in [0.05, 0.1) is 4.90 Å². The van der Waals surface area contributed by atoms with Crippen LogP contribution in [0.2, 0.25) is 0 Å². The molecular formula is C14H16N2O3S. The molecule has 0 fully saturated rings. The largest absolute Gasteiger partial charge is 0.439 e. The van der Waals surface area contributed by atoms with Crippen molar-refractivity contribution in [3.05, 3.63) is 47.7 Å². The quantitative estimate of drug-likeness (QED) is 0.932. The number of pyridine rings is 1. The van der Waals surface area contributed by atoms with Gasteiger partial charge in [0.1, 0.15) is 5.75 Å². The summed E-state index contributed by atoms with van der Waals surface area (Å²) in [4.78, 5) is 4.48. The van der Waals surface area contributed by atoms with Crippen LogP contribution in [-0.2, 0) is 16.4 Å². The average Bonchev–Trinajstić information content (AvgIpc) is 2.38. The van der Waals surface area contributed by atoms with Gasteiger partial charge in [0.2, 0.25) is 5.88 Å². The molecule has 0 spiro atoms. The smallest absolute Gasteiger partial charge is 0.223 e. The van der Waals surface area contributed by atoms with Crippen LogP contribution in [0.25, 0.3) is 0 Å². The van der Waals surface area contributed by atoms with E-state index in [9.17, 15) is 8.42 Å². The van der Waals surface area contributed by atoms with Crippen molar-refractivity contribution in [2.24, 2.45) is 5.73 Å². The third-order valence-corrected chi connectivity index (χ3v) is 3.86. The fourth-order valence-electron chi connectivity index (χ4n) is 1.69. The fourth-order valence-corrected chi connectivity index (χ4v) is 2.34. The Balaban J connectivity index is 2.38. The number of rotatable bonds is 4. The maximum atomic E-state index is 11.5. The second-order valence-electron chi connectivity index (χ2n) is 4.47. The highest BCUT2D eigenvalue weighted by Crippen LogP contribution is 2.25. The van der Waals surface area contributed by atoms with Gasteiger partial charge in [-0.25, -0.2) is 13.4 Å². The van der Waals surface area contributed by atoms with Gasteiger partial charge in [0.15, 0.2) is 9.84 Å². The molecule has 5 nitrogen and oxygen atoms in total. The molecule has 2 aromatic rings. The molecule has 0 aliphatic carbocycles. The van der Waals surface area contributed by atoms with E-state index < -0.39 is 9.84 Å².